The number of nitrogens with zero attached hydrogens (tertiary/aromatic N) is 2. The van der Waals surface area contributed by atoms with Crippen molar-refractivity contribution in [3.8, 4) is 17.0 Å². The largest absolute Gasteiger partial charge is 0.491 e. The van der Waals surface area contributed by atoms with Crippen molar-refractivity contribution in [3.05, 3.63) is 54.1 Å². The quantitative estimate of drug-likeness (QED) is 0.565. The van der Waals surface area contributed by atoms with Crippen LogP contribution in [0.25, 0.3) is 22.2 Å². The third-order valence-corrected chi connectivity index (χ3v) is 4.51. The number of alkyl halides is 2. The van der Waals surface area contributed by atoms with Gasteiger partial charge < -0.3 is 10.5 Å². The molecule has 0 saturated carbocycles. The summed E-state index contributed by atoms with van der Waals surface area (Å²) in [6.07, 6.45) is 0.789. The smallest absolute Gasteiger partial charge is 0.267 e. The molecule has 29 heavy (non-hydrogen) atoms. The topological polar surface area (TPSA) is 61.0 Å². The molecule has 0 aliphatic carbocycles. The van der Waals surface area contributed by atoms with Gasteiger partial charge >= 0.3 is 0 Å². The molecule has 3 aromatic rings. The van der Waals surface area contributed by atoms with E-state index in [0.717, 1.165) is 0 Å². The Kier molecular flexibility index (Phi) is 6.07. The fraction of sp³-hybridized carbons (Fsp3) is 0.364. The fourth-order valence-electron chi connectivity index (χ4n) is 3.43. The third kappa shape index (κ3) is 5.23. The zero-order chi connectivity index (χ0) is 21.2. The van der Waals surface area contributed by atoms with E-state index in [4.69, 9.17) is 10.5 Å². The van der Waals surface area contributed by atoms with Crippen molar-refractivity contribution in [2.45, 2.75) is 39.2 Å². The predicted molar refractivity (Wildman–Crippen MR) is 107 cm³/mol. The van der Waals surface area contributed by atoms with Crippen molar-refractivity contribution < 1.29 is 17.9 Å². The summed E-state index contributed by atoms with van der Waals surface area (Å²) in [5.41, 5.74) is 6.78. The number of pyridine rings is 2. The maximum absolute atomic E-state index is 13.7. The van der Waals surface area contributed by atoms with E-state index < -0.39 is 12.2 Å². The van der Waals surface area contributed by atoms with Crippen molar-refractivity contribution in [3.63, 3.8) is 0 Å². The van der Waals surface area contributed by atoms with Crippen molar-refractivity contribution in [1.29, 1.82) is 0 Å². The van der Waals surface area contributed by atoms with Crippen LogP contribution in [-0.2, 0) is 0 Å². The molecule has 2 heterocycles. The van der Waals surface area contributed by atoms with Gasteiger partial charge in [0.05, 0.1) is 29.6 Å². The highest BCUT2D eigenvalue weighted by molar-refractivity contribution is 5.93. The second kappa shape index (κ2) is 8.37. The van der Waals surface area contributed by atoms with Crippen LogP contribution in [-0.4, -0.2) is 22.1 Å². The molecule has 0 aliphatic heterocycles. The summed E-state index contributed by atoms with van der Waals surface area (Å²) in [5, 5.41) is 0.507. The Hall–Kier alpha value is -2.67. The number of ether oxygens (including phenoxy) is 1. The van der Waals surface area contributed by atoms with Gasteiger partial charge in [0.25, 0.3) is 6.43 Å². The molecule has 1 unspecified atom stereocenters. The van der Waals surface area contributed by atoms with Gasteiger partial charge in [-0.1, -0.05) is 6.92 Å². The van der Waals surface area contributed by atoms with Gasteiger partial charge in [0.15, 0.2) is 0 Å². The van der Waals surface area contributed by atoms with E-state index in [2.05, 4.69) is 9.97 Å². The molecule has 7 heteroatoms. The number of hydrogen-bond acceptors (Lipinski definition) is 4. The molecule has 0 fully saturated rings. The lowest BCUT2D eigenvalue weighted by atomic mass is 9.93. The van der Waals surface area contributed by atoms with E-state index >= 15 is 0 Å². The average Bonchev–Trinajstić information content (AvgIpc) is 2.64. The van der Waals surface area contributed by atoms with E-state index in [1.54, 1.807) is 18.3 Å². The summed E-state index contributed by atoms with van der Waals surface area (Å²) in [7, 11) is 0. The van der Waals surface area contributed by atoms with Gasteiger partial charge in [0, 0.05) is 22.7 Å². The molecule has 0 amide bonds. The second-order valence-corrected chi connectivity index (χ2v) is 8.04. The number of benzene rings is 1. The molecule has 0 aliphatic rings. The van der Waals surface area contributed by atoms with Gasteiger partial charge in [-0.2, -0.15) is 0 Å². The number of fused-ring (bicyclic) bond motifs is 1. The van der Waals surface area contributed by atoms with Crippen LogP contribution >= 0.6 is 0 Å². The van der Waals surface area contributed by atoms with Crippen LogP contribution < -0.4 is 10.5 Å². The molecule has 4 nitrogen and oxygen atoms in total. The van der Waals surface area contributed by atoms with Gasteiger partial charge in [-0.15, -0.1) is 0 Å². The average molecular weight is 403 g/mol. The van der Waals surface area contributed by atoms with E-state index in [-0.39, 0.29) is 29.4 Å². The number of hydrogen-bond donors (Lipinski definition) is 1. The molecule has 0 spiro atoms. The molecular formula is C22H24F3N3O. The van der Waals surface area contributed by atoms with Crippen molar-refractivity contribution in [1.82, 2.24) is 9.97 Å². The molecule has 3 rings (SSSR count). The summed E-state index contributed by atoms with van der Waals surface area (Å²) in [4.78, 5) is 8.48. The molecule has 2 N–H and O–H groups in total. The van der Waals surface area contributed by atoms with Gasteiger partial charge in [-0.05, 0) is 56.5 Å². The van der Waals surface area contributed by atoms with Crippen LogP contribution in [0.3, 0.4) is 0 Å². The van der Waals surface area contributed by atoms with Gasteiger partial charge in [0.2, 0.25) is 0 Å². The van der Waals surface area contributed by atoms with Crippen LogP contribution in [0.5, 0.6) is 5.75 Å². The highest BCUT2D eigenvalue weighted by Crippen LogP contribution is 2.34. The normalized spacial score (nSPS) is 13.1. The predicted octanol–water partition coefficient (Wildman–Crippen LogP) is 5.52. The summed E-state index contributed by atoms with van der Waals surface area (Å²) in [5.74, 6) is -0.306. The number of halogens is 3. The minimum absolute atomic E-state index is 0.0370. The molecular weight excluding hydrogens is 379 g/mol. The van der Waals surface area contributed by atoms with Gasteiger partial charge in [-0.25, -0.2) is 13.2 Å². The van der Waals surface area contributed by atoms with Crippen LogP contribution in [0.1, 0.15) is 39.2 Å². The minimum atomic E-state index is -2.74. The highest BCUT2D eigenvalue weighted by atomic mass is 19.3. The summed E-state index contributed by atoms with van der Waals surface area (Å²) >= 11 is 0. The molecule has 0 saturated heterocycles. The maximum Gasteiger partial charge on any atom is 0.267 e. The zero-order valence-corrected chi connectivity index (χ0v) is 16.6. The first-order valence-electron chi connectivity index (χ1n) is 9.38. The molecule has 1 aromatic carbocycles. The number of aromatic nitrogens is 2. The summed E-state index contributed by atoms with van der Waals surface area (Å²) in [6.45, 7) is 6.03. The second-order valence-electron chi connectivity index (χ2n) is 8.04. The lowest BCUT2D eigenvalue weighted by Crippen LogP contribution is -2.35. The van der Waals surface area contributed by atoms with E-state index in [1.807, 2.05) is 20.8 Å². The Balaban J connectivity index is 1.92. The van der Waals surface area contributed by atoms with Crippen molar-refractivity contribution in [2.75, 3.05) is 6.61 Å². The van der Waals surface area contributed by atoms with Crippen LogP contribution in [0.15, 0.2) is 42.7 Å². The first-order valence-corrected chi connectivity index (χ1v) is 9.38. The Labute approximate surface area is 167 Å². The van der Waals surface area contributed by atoms with Crippen molar-refractivity contribution in [2.24, 2.45) is 11.7 Å². The molecule has 154 valence electrons. The van der Waals surface area contributed by atoms with Crippen LogP contribution in [0.4, 0.5) is 13.2 Å². The van der Waals surface area contributed by atoms with Gasteiger partial charge in [0.1, 0.15) is 11.6 Å². The third-order valence-electron chi connectivity index (χ3n) is 4.51. The monoisotopic (exact) mass is 403 g/mol. The summed E-state index contributed by atoms with van der Waals surface area (Å²) in [6, 6.07) is 7.09. The Morgan fingerprint density at radius 1 is 1.14 bits per heavy atom. The Morgan fingerprint density at radius 3 is 2.59 bits per heavy atom. The Bertz CT molecular complexity index is 1000. The molecule has 0 radical (unpaired) electrons. The van der Waals surface area contributed by atoms with Crippen LogP contribution in [0, 0.1) is 11.7 Å². The first kappa shape index (κ1) is 21.0. The van der Waals surface area contributed by atoms with Crippen molar-refractivity contribution >= 4 is 10.9 Å². The Morgan fingerprint density at radius 2 is 1.90 bits per heavy atom. The molecule has 0 bridgehead atoms. The first-order chi connectivity index (χ1) is 13.6. The zero-order valence-electron chi connectivity index (χ0n) is 16.6. The fourth-order valence-corrected chi connectivity index (χ4v) is 3.43. The van der Waals surface area contributed by atoms with Gasteiger partial charge in [-0.3, -0.25) is 9.97 Å². The summed E-state index contributed by atoms with van der Waals surface area (Å²) < 4.78 is 46.7. The minimum Gasteiger partial charge on any atom is -0.491 e. The molecule has 2 aromatic heterocycles. The van der Waals surface area contributed by atoms with E-state index in [0.29, 0.717) is 28.6 Å². The van der Waals surface area contributed by atoms with E-state index in [1.165, 1.54) is 24.4 Å². The molecule has 1 atom stereocenters. The standard InChI is InChI=1S/C22H24F3N3O/c1-13(10-22(2,3)26)12-29-20-11-28-19(9-17(20)21(24)25)15-6-7-27-18-5-4-14(23)8-16(15)18/h4-9,11,13,21H,10,12,26H2,1-3H3. The SMILES string of the molecule is CC(COc1cnc(-c2ccnc3ccc(F)cc23)cc1C(F)F)CC(C)(C)N. The number of nitrogens with two attached hydrogens (primary N) is 1. The lowest BCUT2D eigenvalue weighted by molar-refractivity contribution is 0.142. The maximum atomic E-state index is 13.7. The number of rotatable bonds is 7. The lowest BCUT2D eigenvalue weighted by Gasteiger charge is -2.23. The van der Waals surface area contributed by atoms with E-state index in [9.17, 15) is 13.2 Å². The highest BCUT2D eigenvalue weighted by Gasteiger charge is 2.20. The van der Waals surface area contributed by atoms with Crippen LogP contribution in [0.2, 0.25) is 0 Å².